The Hall–Kier alpha value is -7.58. The molecule has 4 heterocycles. The summed E-state index contributed by atoms with van der Waals surface area (Å²) in [6.07, 6.45) is 3.67. The normalized spacial score (nSPS) is 16.5. The number of amides is 2. The zero-order valence-corrected chi connectivity index (χ0v) is 42.2. The Balaban J connectivity index is 0.668. The van der Waals surface area contributed by atoms with Crippen LogP contribution in [0.1, 0.15) is 91.8 Å². The molecule has 3 aliphatic heterocycles. The fourth-order valence-electron chi connectivity index (χ4n) is 11.1. The van der Waals surface area contributed by atoms with Gasteiger partial charge in [0.05, 0.1) is 18.2 Å². The third kappa shape index (κ3) is 12.3. The first-order valence-electron chi connectivity index (χ1n) is 26.3. The number of aromatic hydroxyl groups is 1. The van der Waals surface area contributed by atoms with E-state index in [0.717, 1.165) is 67.6 Å². The number of fused-ring (bicyclic) bond motifs is 1. The number of pyridine rings is 1. The fourth-order valence-corrected chi connectivity index (χ4v) is 11.1. The lowest BCUT2D eigenvalue weighted by molar-refractivity contribution is -0.146. The van der Waals surface area contributed by atoms with Crippen molar-refractivity contribution in [1.29, 1.82) is 0 Å². The number of rotatable bonds is 18. The number of phenols is 1. The number of phenolic OH excluding ortho intramolecular Hbond substituents is 1. The van der Waals surface area contributed by atoms with Crippen molar-refractivity contribution >= 4 is 28.7 Å². The lowest BCUT2D eigenvalue weighted by atomic mass is 9.73. The number of aliphatic hydroxyl groups is 1. The van der Waals surface area contributed by atoms with E-state index in [1.54, 1.807) is 12.1 Å². The molecule has 1 spiro atoms. The van der Waals surface area contributed by atoms with Crippen molar-refractivity contribution in [3.05, 3.63) is 213 Å². The predicted molar refractivity (Wildman–Crippen MR) is 289 cm³/mol. The number of esters is 1. The highest BCUT2D eigenvalue weighted by Gasteiger charge is 2.48. The predicted octanol–water partition coefficient (Wildman–Crippen LogP) is 8.64. The van der Waals surface area contributed by atoms with E-state index in [4.69, 9.17) is 9.47 Å². The van der Waals surface area contributed by atoms with E-state index in [0.29, 0.717) is 85.0 Å². The van der Waals surface area contributed by atoms with Crippen LogP contribution < -0.4 is 15.6 Å². The molecule has 6 aromatic carbocycles. The lowest BCUT2D eigenvalue weighted by Crippen LogP contribution is -2.64. The molecule has 75 heavy (non-hydrogen) atoms. The molecule has 2 unspecified atom stereocenters. The molecule has 0 aliphatic carbocycles. The van der Waals surface area contributed by atoms with Crippen LogP contribution in [0.2, 0.25) is 0 Å². The van der Waals surface area contributed by atoms with Crippen LogP contribution in [0.4, 0.5) is 0 Å². The van der Waals surface area contributed by atoms with Crippen molar-refractivity contribution in [2.75, 3.05) is 59.0 Å². The van der Waals surface area contributed by atoms with Crippen molar-refractivity contribution in [3.63, 3.8) is 0 Å². The number of carbonyl (C=O) groups is 3. The van der Waals surface area contributed by atoms with Gasteiger partial charge in [0.15, 0.2) is 0 Å². The van der Waals surface area contributed by atoms with Crippen LogP contribution in [0.15, 0.2) is 163 Å². The van der Waals surface area contributed by atoms with Crippen molar-refractivity contribution in [1.82, 2.24) is 25.0 Å². The molecule has 386 valence electrons. The number of benzene rings is 6. The maximum Gasteiger partial charge on any atom is 0.317 e. The van der Waals surface area contributed by atoms with Crippen LogP contribution in [0, 0.1) is 11.3 Å². The summed E-state index contributed by atoms with van der Waals surface area (Å²) in [5.41, 5.74) is 6.65. The van der Waals surface area contributed by atoms with Crippen LogP contribution in [0.3, 0.4) is 0 Å². The lowest BCUT2D eigenvalue weighted by Gasteiger charge is -2.54. The van der Waals surface area contributed by atoms with Gasteiger partial charge in [-0.05, 0) is 140 Å². The highest BCUT2D eigenvalue weighted by atomic mass is 16.5. The molecule has 3 aliphatic rings. The third-order valence-corrected chi connectivity index (χ3v) is 15.3. The van der Waals surface area contributed by atoms with Gasteiger partial charge < -0.3 is 39.8 Å². The summed E-state index contributed by atoms with van der Waals surface area (Å²) in [4.78, 5) is 62.0. The number of likely N-dealkylation sites (tertiary alicyclic amines) is 3. The summed E-state index contributed by atoms with van der Waals surface area (Å²) in [6.45, 7) is 6.97. The number of aromatic amines is 1. The molecule has 13 heteroatoms. The van der Waals surface area contributed by atoms with Gasteiger partial charge in [-0.15, -0.1) is 0 Å². The summed E-state index contributed by atoms with van der Waals surface area (Å²) >= 11 is 0. The molecule has 3 fully saturated rings. The second kappa shape index (κ2) is 23.3. The largest absolute Gasteiger partial charge is 0.506 e. The molecule has 0 bridgehead atoms. The van der Waals surface area contributed by atoms with Crippen LogP contribution in [-0.2, 0) is 29.1 Å². The van der Waals surface area contributed by atoms with Crippen LogP contribution in [0.25, 0.3) is 10.9 Å². The monoisotopic (exact) mass is 1010 g/mol. The number of hydrogen-bond donors (Lipinski definition) is 4. The van der Waals surface area contributed by atoms with E-state index in [1.807, 2.05) is 119 Å². The molecule has 4 N–H and O–H groups in total. The number of hydrogen-bond acceptors (Lipinski definition) is 10. The van der Waals surface area contributed by atoms with Crippen molar-refractivity contribution in [3.8, 4) is 11.5 Å². The van der Waals surface area contributed by atoms with E-state index >= 15 is 0 Å². The minimum atomic E-state index is -0.847. The molecule has 0 radical (unpaired) electrons. The quantitative estimate of drug-likeness (QED) is 0.0483. The van der Waals surface area contributed by atoms with Crippen LogP contribution in [-0.4, -0.2) is 107 Å². The Morgan fingerprint density at radius 2 is 1.37 bits per heavy atom. The van der Waals surface area contributed by atoms with E-state index in [9.17, 15) is 29.4 Å². The maximum absolute atomic E-state index is 13.9. The number of ether oxygens (including phenoxy) is 2. The van der Waals surface area contributed by atoms with Crippen LogP contribution in [0.5, 0.6) is 11.5 Å². The van der Waals surface area contributed by atoms with E-state index in [2.05, 4.69) is 39.5 Å². The van der Waals surface area contributed by atoms with Gasteiger partial charge >= 0.3 is 5.97 Å². The number of carbonyl (C=O) groups excluding carboxylic acids is 3. The average Bonchev–Trinajstić information content (AvgIpc) is 3.44. The van der Waals surface area contributed by atoms with E-state index < -0.39 is 12.0 Å². The van der Waals surface area contributed by atoms with Gasteiger partial charge in [-0.1, -0.05) is 103 Å². The average molecular weight is 1010 g/mol. The van der Waals surface area contributed by atoms with Crippen molar-refractivity contribution in [2.45, 2.75) is 57.3 Å². The summed E-state index contributed by atoms with van der Waals surface area (Å²) in [5, 5.41) is 25.0. The van der Waals surface area contributed by atoms with E-state index in [-0.39, 0.29) is 47.7 Å². The first-order chi connectivity index (χ1) is 36.6. The standard InChI is InChI=1S/C62H65N5O8/c68-54-25-23-52(53-24-26-56(70)64-58(53)54)55(69)36-63-31-27-43-15-19-48(20-16-43)59(71)66-32-8-30-62(40-66)41-67(42-62)60(72)49-21-17-45(18-22-49)38-74-51-14-7-13-50(35-51)57(47-11-5-2-6-12-47)61(73)75-39-46-28-33-65(34-29-46)37-44-9-3-1-4-10-44/h1-7,9-26,35,46,55,57,63,68-69H,8,27-34,36-42H2,(H,64,70). The minimum absolute atomic E-state index is 0.00551. The van der Waals surface area contributed by atoms with Crippen molar-refractivity contribution < 1.29 is 34.1 Å². The molecule has 1 aromatic heterocycles. The van der Waals surface area contributed by atoms with Crippen molar-refractivity contribution in [2.24, 2.45) is 11.3 Å². The minimum Gasteiger partial charge on any atom is -0.506 e. The molecule has 3 saturated heterocycles. The molecule has 10 rings (SSSR count). The molecule has 13 nitrogen and oxygen atoms in total. The second-order valence-corrected chi connectivity index (χ2v) is 20.7. The highest BCUT2D eigenvalue weighted by molar-refractivity contribution is 5.96. The number of nitrogens with one attached hydrogen (secondary N) is 2. The first kappa shape index (κ1) is 50.9. The number of piperidine rings is 2. The number of aliphatic hydroxyl groups excluding tert-OH is 1. The molecule has 0 saturated carbocycles. The Kier molecular flexibility index (Phi) is 15.8. The molecule has 2 atom stereocenters. The molecule has 2 amide bonds. The van der Waals surface area contributed by atoms with Gasteiger partial charge in [0.25, 0.3) is 11.8 Å². The maximum atomic E-state index is 13.9. The van der Waals surface area contributed by atoms with Gasteiger partial charge in [0.1, 0.15) is 24.0 Å². The fraction of sp³-hybridized carbons (Fsp3) is 0.323. The second-order valence-electron chi connectivity index (χ2n) is 20.7. The molecular formula is C62H65N5O8. The van der Waals surface area contributed by atoms with Gasteiger partial charge in [0.2, 0.25) is 5.56 Å². The third-order valence-electron chi connectivity index (χ3n) is 15.3. The topological polar surface area (TPSA) is 165 Å². The molecular weight excluding hydrogens is 943 g/mol. The number of H-pyrrole nitrogens is 1. The Bertz CT molecular complexity index is 3130. The Morgan fingerprint density at radius 1 is 0.707 bits per heavy atom. The SMILES string of the molecule is O=C(OCC1CCN(Cc2ccccc2)CC1)C(c1ccccc1)c1cccc(OCc2ccc(C(=O)N3CC4(CCCN(C(=O)c5ccc(CCNCC(O)c6ccc(O)c7[nH]c(=O)ccc67)cc5)C4)C3)cc2)c1. The summed E-state index contributed by atoms with van der Waals surface area (Å²) in [7, 11) is 0. The Morgan fingerprint density at radius 3 is 2.11 bits per heavy atom. The summed E-state index contributed by atoms with van der Waals surface area (Å²) in [6, 6.07) is 49.3. The summed E-state index contributed by atoms with van der Waals surface area (Å²) < 4.78 is 12.4. The zero-order chi connectivity index (χ0) is 51.7. The van der Waals surface area contributed by atoms with Crippen LogP contribution >= 0.6 is 0 Å². The highest BCUT2D eigenvalue weighted by Crippen LogP contribution is 2.40. The van der Waals surface area contributed by atoms with E-state index in [1.165, 1.54) is 17.7 Å². The summed E-state index contributed by atoms with van der Waals surface area (Å²) in [5.74, 6) is 0.0176. The first-order valence-corrected chi connectivity index (χ1v) is 26.3. The van der Waals surface area contributed by atoms with Gasteiger partial charge in [-0.3, -0.25) is 24.1 Å². The van der Waals surface area contributed by atoms with Gasteiger partial charge in [0, 0.05) is 67.3 Å². The number of aromatic nitrogens is 1. The molecule has 7 aromatic rings. The van der Waals surface area contributed by atoms with Gasteiger partial charge in [-0.2, -0.15) is 0 Å². The smallest absolute Gasteiger partial charge is 0.317 e. The zero-order valence-electron chi connectivity index (χ0n) is 42.2. The Labute approximate surface area is 437 Å². The van der Waals surface area contributed by atoms with Gasteiger partial charge in [-0.25, -0.2) is 0 Å². The number of nitrogens with zero attached hydrogens (tertiary/aromatic N) is 3.